The maximum absolute atomic E-state index is 8.47. The van der Waals surface area contributed by atoms with E-state index < -0.39 is 6.37 Å². The minimum atomic E-state index is -1.55. The second-order valence-electron chi connectivity index (χ2n) is 6.17. The number of halogens is 1. The van der Waals surface area contributed by atoms with Crippen LogP contribution in [0.15, 0.2) is 65.4 Å². The van der Waals surface area contributed by atoms with Gasteiger partial charge in [-0.3, -0.25) is 0 Å². The van der Waals surface area contributed by atoms with Crippen LogP contribution < -0.4 is 0 Å². The fourth-order valence-corrected chi connectivity index (χ4v) is 3.73. The molecule has 0 fully saturated rings. The zero-order valence-corrected chi connectivity index (χ0v) is 15.3. The molecule has 5 heteroatoms. The van der Waals surface area contributed by atoms with Crippen LogP contribution in [-0.4, -0.2) is 21.6 Å². The van der Waals surface area contributed by atoms with Crippen LogP contribution in [-0.2, 0) is 11.1 Å². The van der Waals surface area contributed by atoms with Gasteiger partial charge in [-0.25, -0.2) is 9.97 Å². The van der Waals surface area contributed by atoms with Gasteiger partial charge in [-0.1, -0.05) is 40.2 Å². The van der Waals surface area contributed by atoms with E-state index in [1.54, 1.807) is 18.5 Å². The molecule has 0 aliphatic carbocycles. The SMILES string of the molecule is [2H]C1([2H])COC(c2ccc(-c3ncccn3)cc2)c2[nH]c3ccc(Br)cc3c21. The Labute approximate surface area is 162 Å². The van der Waals surface area contributed by atoms with Crippen LogP contribution in [0.5, 0.6) is 0 Å². The Morgan fingerprint density at radius 3 is 2.73 bits per heavy atom. The zero-order valence-electron chi connectivity index (χ0n) is 15.7. The summed E-state index contributed by atoms with van der Waals surface area (Å²) in [4.78, 5) is 11.9. The number of hydrogen-bond acceptors (Lipinski definition) is 3. The highest BCUT2D eigenvalue weighted by Crippen LogP contribution is 2.37. The highest BCUT2D eigenvalue weighted by Gasteiger charge is 2.26. The number of H-pyrrole nitrogens is 1. The number of nitrogens with zero attached hydrogens (tertiary/aromatic N) is 2. The lowest BCUT2D eigenvalue weighted by Gasteiger charge is -2.24. The number of hydrogen-bond donors (Lipinski definition) is 1. The van der Waals surface area contributed by atoms with Gasteiger partial charge in [0.15, 0.2) is 5.82 Å². The van der Waals surface area contributed by atoms with Gasteiger partial charge >= 0.3 is 0 Å². The van der Waals surface area contributed by atoms with Gasteiger partial charge in [0.1, 0.15) is 6.10 Å². The maximum Gasteiger partial charge on any atom is 0.159 e. The monoisotopic (exact) mass is 407 g/mol. The molecule has 1 atom stereocenters. The van der Waals surface area contributed by atoms with Crippen LogP contribution in [0, 0.1) is 0 Å². The van der Waals surface area contributed by atoms with Crippen molar-refractivity contribution in [3.05, 3.63) is 82.2 Å². The molecule has 2 aromatic carbocycles. The Bertz CT molecular complexity index is 1160. The van der Waals surface area contributed by atoms with E-state index in [1.807, 2.05) is 42.5 Å². The standard InChI is InChI=1S/C21H16BrN3O/c22-15-6-7-18-17(12-15)16-8-11-26-20(19(16)25-18)13-2-4-14(5-3-13)21-23-9-1-10-24-21/h1-7,9-10,12,20,25H,8,11H2/i8D2. The van der Waals surface area contributed by atoms with Crippen LogP contribution in [0.3, 0.4) is 0 Å². The summed E-state index contributed by atoms with van der Waals surface area (Å²) in [5.74, 6) is 0.672. The number of fused-ring (bicyclic) bond motifs is 3. The van der Waals surface area contributed by atoms with E-state index in [4.69, 9.17) is 7.48 Å². The third-order valence-electron chi connectivity index (χ3n) is 4.59. The third kappa shape index (κ3) is 2.64. The number of nitrogens with one attached hydrogen (secondary N) is 1. The Hall–Kier alpha value is -2.50. The van der Waals surface area contributed by atoms with Gasteiger partial charge in [-0.15, -0.1) is 0 Å². The summed E-state index contributed by atoms with van der Waals surface area (Å²) in [7, 11) is 0. The van der Waals surface area contributed by atoms with Crippen LogP contribution in [0.4, 0.5) is 0 Å². The highest BCUT2D eigenvalue weighted by molar-refractivity contribution is 9.10. The van der Waals surface area contributed by atoms with Crippen LogP contribution in [0.1, 0.15) is 25.7 Å². The van der Waals surface area contributed by atoms with Crippen molar-refractivity contribution in [2.24, 2.45) is 0 Å². The predicted octanol–water partition coefficient (Wildman–Crippen LogP) is 5.05. The largest absolute Gasteiger partial charge is 0.367 e. The van der Waals surface area contributed by atoms with Gasteiger partial charge in [0.05, 0.1) is 12.3 Å². The summed E-state index contributed by atoms with van der Waals surface area (Å²) in [6, 6.07) is 15.6. The normalized spacial score (nSPS) is 19.7. The molecule has 0 spiro atoms. The summed E-state index contributed by atoms with van der Waals surface area (Å²) < 4.78 is 23.8. The lowest BCUT2D eigenvalue weighted by molar-refractivity contribution is 0.0677. The molecule has 128 valence electrons. The van der Waals surface area contributed by atoms with E-state index in [1.165, 1.54) is 0 Å². The minimum Gasteiger partial charge on any atom is -0.367 e. The van der Waals surface area contributed by atoms with Gasteiger partial charge < -0.3 is 9.72 Å². The van der Waals surface area contributed by atoms with Crippen LogP contribution in [0.25, 0.3) is 22.3 Å². The number of benzene rings is 2. The van der Waals surface area contributed by atoms with Crippen molar-refractivity contribution in [2.75, 3.05) is 6.61 Å². The van der Waals surface area contributed by atoms with E-state index in [9.17, 15) is 0 Å². The molecule has 1 unspecified atom stereocenters. The van der Waals surface area contributed by atoms with E-state index in [0.29, 0.717) is 11.4 Å². The van der Waals surface area contributed by atoms with E-state index in [0.717, 1.165) is 32.2 Å². The summed E-state index contributed by atoms with van der Waals surface area (Å²) >= 11 is 3.49. The Balaban J connectivity index is 1.60. The molecule has 0 bridgehead atoms. The van der Waals surface area contributed by atoms with Crippen molar-refractivity contribution in [1.29, 1.82) is 0 Å². The number of aromatic nitrogens is 3. The average molecular weight is 408 g/mol. The molecule has 26 heavy (non-hydrogen) atoms. The molecular formula is C21H16BrN3O. The number of aromatic amines is 1. The van der Waals surface area contributed by atoms with Gasteiger partial charge in [-0.05, 0) is 41.8 Å². The Morgan fingerprint density at radius 2 is 1.92 bits per heavy atom. The first kappa shape index (κ1) is 13.7. The molecule has 1 N–H and O–H groups in total. The van der Waals surface area contributed by atoms with Gasteiger partial charge in [0, 0.05) is 36.1 Å². The molecule has 5 rings (SSSR count). The molecule has 4 aromatic rings. The molecule has 3 heterocycles. The molecule has 0 saturated heterocycles. The van der Waals surface area contributed by atoms with Crippen molar-refractivity contribution >= 4 is 26.8 Å². The van der Waals surface area contributed by atoms with Crippen molar-refractivity contribution in [2.45, 2.75) is 12.5 Å². The molecule has 2 aromatic heterocycles. The van der Waals surface area contributed by atoms with Crippen molar-refractivity contribution in [1.82, 2.24) is 15.0 Å². The van der Waals surface area contributed by atoms with E-state index in [-0.39, 0.29) is 12.7 Å². The van der Waals surface area contributed by atoms with Crippen LogP contribution >= 0.6 is 15.9 Å². The fraction of sp³-hybridized carbons (Fsp3) is 0.143. The first-order valence-corrected chi connectivity index (χ1v) is 9.13. The second kappa shape index (κ2) is 6.34. The van der Waals surface area contributed by atoms with Crippen LogP contribution in [0.2, 0.25) is 0 Å². The smallest absolute Gasteiger partial charge is 0.159 e. The molecular weight excluding hydrogens is 390 g/mol. The molecule has 1 aliphatic rings. The molecule has 1 aliphatic heterocycles. The highest BCUT2D eigenvalue weighted by atomic mass is 79.9. The maximum atomic E-state index is 8.47. The quantitative estimate of drug-likeness (QED) is 0.505. The Morgan fingerprint density at radius 1 is 1.12 bits per heavy atom. The second-order valence-corrected chi connectivity index (χ2v) is 7.08. The van der Waals surface area contributed by atoms with Crippen molar-refractivity contribution in [3.63, 3.8) is 0 Å². The lowest BCUT2D eigenvalue weighted by atomic mass is 9.97. The summed E-state index contributed by atoms with van der Waals surface area (Å²) in [5.41, 5.74) is 4.24. The zero-order chi connectivity index (χ0) is 19.3. The Kier molecular flexibility index (Phi) is 3.33. The molecule has 0 amide bonds. The van der Waals surface area contributed by atoms with Gasteiger partial charge in [-0.2, -0.15) is 0 Å². The van der Waals surface area contributed by atoms with Crippen molar-refractivity contribution < 1.29 is 7.48 Å². The molecule has 0 radical (unpaired) electrons. The van der Waals surface area contributed by atoms with Gasteiger partial charge in [0.2, 0.25) is 0 Å². The summed E-state index contributed by atoms with van der Waals surface area (Å²) in [6.45, 7) is 0.00762. The summed E-state index contributed by atoms with van der Waals surface area (Å²) in [6.07, 6.45) is 1.54. The minimum absolute atomic E-state index is 0.00762. The summed E-state index contributed by atoms with van der Waals surface area (Å²) in [5, 5.41) is 0.886. The number of rotatable bonds is 2. The van der Waals surface area contributed by atoms with Gasteiger partial charge in [0.25, 0.3) is 0 Å². The molecule has 4 nitrogen and oxygen atoms in total. The first-order chi connectivity index (χ1) is 13.5. The fourth-order valence-electron chi connectivity index (χ4n) is 3.37. The first-order valence-electron chi connectivity index (χ1n) is 9.33. The van der Waals surface area contributed by atoms with E-state index in [2.05, 4.69) is 30.9 Å². The topological polar surface area (TPSA) is 50.8 Å². The van der Waals surface area contributed by atoms with Crippen molar-refractivity contribution in [3.8, 4) is 11.4 Å². The molecule has 0 saturated carbocycles. The predicted molar refractivity (Wildman–Crippen MR) is 105 cm³/mol. The third-order valence-corrected chi connectivity index (χ3v) is 5.08. The average Bonchev–Trinajstić information content (AvgIpc) is 3.09. The number of ether oxygens (including phenoxy) is 1. The lowest BCUT2D eigenvalue weighted by Crippen LogP contribution is -2.16. The van der Waals surface area contributed by atoms with E-state index >= 15 is 0 Å².